The van der Waals surface area contributed by atoms with Gasteiger partial charge in [0, 0.05) is 13.1 Å². The summed E-state index contributed by atoms with van der Waals surface area (Å²) in [5, 5.41) is 3.21. The summed E-state index contributed by atoms with van der Waals surface area (Å²) in [4.78, 5) is 15.0. The number of piperidine rings is 1. The lowest BCUT2D eigenvalue weighted by atomic mass is 9.91. The number of benzene rings is 1. The summed E-state index contributed by atoms with van der Waals surface area (Å²) in [6.07, 6.45) is 4.06. The normalized spacial score (nSPS) is 23.9. The SMILES string of the molecule is CNCC1CCCN(C(=O)C2(c3ccc(F)cc3)CC2)C1. The third-order valence-corrected chi connectivity index (χ3v) is 4.86. The Morgan fingerprint density at radius 2 is 2.10 bits per heavy atom. The molecule has 0 spiro atoms. The molecule has 0 bridgehead atoms. The smallest absolute Gasteiger partial charge is 0.233 e. The first-order chi connectivity index (χ1) is 10.2. The van der Waals surface area contributed by atoms with E-state index in [9.17, 15) is 9.18 Å². The molecule has 1 aliphatic heterocycles. The van der Waals surface area contributed by atoms with Crippen molar-refractivity contribution in [3.8, 4) is 0 Å². The van der Waals surface area contributed by atoms with E-state index in [1.54, 1.807) is 12.1 Å². The van der Waals surface area contributed by atoms with Crippen LogP contribution in [-0.4, -0.2) is 37.5 Å². The van der Waals surface area contributed by atoms with Crippen molar-refractivity contribution < 1.29 is 9.18 Å². The number of hydrogen-bond donors (Lipinski definition) is 1. The maximum absolute atomic E-state index is 13.1. The van der Waals surface area contributed by atoms with Crippen molar-refractivity contribution in [1.29, 1.82) is 0 Å². The van der Waals surface area contributed by atoms with Gasteiger partial charge in [0.25, 0.3) is 0 Å². The summed E-state index contributed by atoms with van der Waals surface area (Å²) < 4.78 is 13.1. The van der Waals surface area contributed by atoms with Gasteiger partial charge in [-0.1, -0.05) is 12.1 Å². The van der Waals surface area contributed by atoms with Gasteiger partial charge in [0.1, 0.15) is 5.82 Å². The standard InChI is InChI=1S/C17H23FN2O/c1-19-11-13-3-2-10-20(12-13)16(21)17(8-9-17)14-4-6-15(18)7-5-14/h4-7,13,19H,2-3,8-12H2,1H3. The van der Waals surface area contributed by atoms with Crippen LogP contribution in [0, 0.1) is 11.7 Å². The first kappa shape index (κ1) is 14.5. The topological polar surface area (TPSA) is 32.3 Å². The number of nitrogens with one attached hydrogen (secondary N) is 1. The Morgan fingerprint density at radius 1 is 1.38 bits per heavy atom. The number of likely N-dealkylation sites (tertiary alicyclic amines) is 1. The number of rotatable bonds is 4. The molecule has 1 saturated carbocycles. The van der Waals surface area contributed by atoms with E-state index in [4.69, 9.17) is 0 Å². The highest BCUT2D eigenvalue weighted by molar-refractivity contribution is 5.91. The predicted octanol–water partition coefficient (Wildman–Crippen LogP) is 2.32. The maximum atomic E-state index is 13.1. The minimum atomic E-state index is -0.366. The molecule has 2 fully saturated rings. The van der Waals surface area contributed by atoms with Gasteiger partial charge in [-0.25, -0.2) is 4.39 Å². The molecule has 3 nitrogen and oxygen atoms in total. The average molecular weight is 290 g/mol. The maximum Gasteiger partial charge on any atom is 0.233 e. The summed E-state index contributed by atoms with van der Waals surface area (Å²) in [5.74, 6) is 0.556. The lowest BCUT2D eigenvalue weighted by molar-refractivity contribution is -0.135. The third-order valence-electron chi connectivity index (χ3n) is 4.86. The van der Waals surface area contributed by atoms with Crippen molar-refractivity contribution in [2.45, 2.75) is 31.1 Å². The van der Waals surface area contributed by atoms with Crippen LogP contribution in [0.3, 0.4) is 0 Å². The molecule has 1 amide bonds. The molecular formula is C17H23FN2O. The lowest BCUT2D eigenvalue weighted by Crippen LogP contribution is -2.46. The zero-order valence-corrected chi connectivity index (χ0v) is 12.6. The van der Waals surface area contributed by atoms with Gasteiger partial charge in [0.2, 0.25) is 5.91 Å². The fourth-order valence-corrected chi connectivity index (χ4v) is 3.53. The van der Waals surface area contributed by atoms with E-state index in [1.165, 1.54) is 18.6 Å². The summed E-state index contributed by atoms with van der Waals surface area (Å²) in [6, 6.07) is 6.47. The van der Waals surface area contributed by atoms with Crippen molar-refractivity contribution in [3.63, 3.8) is 0 Å². The quantitative estimate of drug-likeness (QED) is 0.923. The zero-order valence-electron chi connectivity index (χ0n) is 12.6. The van der Waals surface area contributed by atoms with Crippen LogP contribution in [-0.2, 0) is 10.2 Å². The number of hydrogen-bond acceptors (Lipinski definition) is 2. The minimum Gasteiger partial charge on any atom is -0.342 e. The van der Waals surface area contributed by atoms with E-state index in [0.717, 1.165) is 44.5 Å². The first-order valence-electron chi connectivity index (χ1n) is 7.86. The van der Waals surface area contributed by atoms with Crippen LogP contribution in [0.2, 0.25) is 0 Å². The Balaban J connectivity index is 1.73. The molecule has 114 valence electrons. The van der Waals surface area contributed by atoms with Crippen LogP contribution < -0.4 is 5.32 Å². The third kappa shape index (κ3) is 2.82. The fourth-order valence-electron chi connectivity index (χ4n) is 3.53. The van der Waals surface area contributed by atoms with Gasteiger partial charge in [-0.15, -0.1) is 0 Å². The highest BCUT2D eigenvalue weighted by Gasteiger charge is 2.53. The van der Waals surface area contributed by atoms with Crippen LogP contribution in [0.4, 0.5) is 4.39 Å². The highest BCUT2D eigenvalue weighted by atomic mass is 19.1. The molecule has 1 heterocycles. The van der Waals surface area contributed by atoms with Gasteiger partial charge in [0.05, 0.1) is 5.41 Å². The average Bonchev–Trinajstić information content (AvgIpc) is 3.29. The van der Waals surface area contributed by atoms with Crippen molar-refractivity contribution in [2.75, 3.05) is 26.7 Å². The van der Waals surface area contributed by atoms with Crippen LogP contribution in [0.1, 0.15) is 31.2 Å². The molecule has 1 saturated heterocycles. The van der Waals surface area contributed by atoms with Gasteiger partial charge in [0.15, 0.2) is 0 Å². The monoisotopic (exact) mass is 290 g/mol. The Hall–Kier alpha value is -1.42. The zero-order chi connectivity index (χ0) is 14.9. The molecule has 3 rings (SSSR count). The van der Waals surface area contributed by atoms with Gasteiger partial charge < -0.3 is 10.2 Å². The number of amides is 1. The number of carbonyl (C=O) groups is 1. The van der Waals surface area contributed by atoms with E-state index < -0.39 is 0 Å². The number of halogens is 1. The van der Waals surface area contributed by atoms with Crippen LogP contribution in [0.25, 0.3) is 0 Å². The number of nitrogens with zero attached hydrogens (tertiary/aromatic N) is 1. The molecule has 1 atom stereocenters. The first-order valence-corrected chi connectivity index (χ1v) is 7.86. The van der Waals surface area contributed by atoms with E-state index in [2.05, 4.69) is 5.32 Å². The molecule has 2 aliphatic rings. The molecule has 0 radical (unpaired) electrons. The highest BCUT2D eigenvalue weighted by Crippen LogP contribution is 2.50. The second-order valence-electron chi connectivity index (χ2n) is 6.41. The predicted molar refractivity (Wildman–Crippen MR) is 80.5 cm³/mol. The fraction of sp³-hybridized carbons (Fsp3) is 0.588. The molecular weight excluding hydrogens is 267 g/mol. The summed E-state index contributed by atoms with van der Waals surface area (Å²) in [5.41, 5.74) is 0.611. The Morgan fingerprint density at radius 3 is 2.71 bits per heavy atom. The van der Waals surface area contributed by atoms with Crippen molar-refractivity contribution in [3.05, 3.63) is 35.6 Å². The Kier molecular flexibility index (Phi) is 3.98. The summed E-state index contributed by atoms with van der Waals surface area (Å²) in [6.45, 7) is 2.68. The lowest BCUT2D eigenvalue weighted by Gasteiger charge is -2.35. The van der Waals surface area contributed by atoms with Crippen LogP contribution >= 0.6 is 0 Å². The minimum absolute atomic E-state index is 0.242. The van der Waals surface area contributed by atoms with E-state index in [1.807, 2.05) is 11.9 Å². The van der Waals surface area contributed by atoms with Gasteiger partial charge >= 0.3 is 0 Å². The largest absolute Gasteiger partial charge is 0.342 e. The van der Waals surface area contributed by atoms with Gasteiger partial charge in [-0.2, -0.15) is 0 Å². The molecule has 1 N–H and O–H groups in total. The van der Waals surface area contributed by atoms with Gasteiger partial charge in [-0.3, -0.25) is 4.79 Å². The van der Waals surface area contributed by atoms with E-state index in [-0.39, 0.29) is 17.1 Å². The second kappa shape index (κ2) is 5.76. The molecule has 21 heavy (non-hydrogen) atoms. The van der Waals surface area contributed by atoms with Gasteiger partial charge in [-0.05, 0) is 62.9 Å². The number of carbonyl (C=O) groups excluding carboxylic acids is 1. The molecule has 4 heteroatoms. The molecule has 1 unspecified atom stereocenters. The van der Waals surface area contributed by atoms with Crippen molar-refractivity contribution >= 4 is 5.91 Å². The Labute approximate surface area is 125 Å². The van der Waals surface area contributed by atoms with Crippen LogP contribution in [0.15, 0.2) is 24.3 Å². The Bertz CT molecular complexity index is 508. The van der Waals surface area contributed by atoms with E-state index in [0.29, 0.717) is 5.92 Å². The molecule has 0 aromatic heterocycles. The molecule has 1 aromatic rings. The molecule has 1 aliphatic carbocycles. The van der Waals surface area contributed by atoms with E-state index >= 15 is 0 Å². The molecule has 1 aromatic carbocycles. The van der Waals surface area contributed by atoms with Crippen molar-refractivity contribution in [2.24, 2.45) is 5.92 Å². The second-order valence-corrected chi connectivity index (χ2v) is 6.41. The van der Waals surface area contributed by atoms with Crippen LogP contribution in [0.5, 0.6) is 0 Å². The summed E-state index contributed by atoms with van der Waals surface area (Å²) in [7, 11) is 1.96. The summed E-state index contributed by atoms with van der Waals surface area (Å²) >= 11 is 0. The van der Waals surface area contributed by atoms with Crippen molar-refractivity contribution in [1.82, 2.24) is 10.2 Å².